The highest BCUT2D eigenvalue weighted by atomic mass is 35.5. The van der Waals surface area contributed by atoms with Crippen LogP contribution in [0.1, 0.15) is 16.7 Å². The van der Waals surface area contributed by atoms with Gasteiger partial charge < -0.3 is 9.47 Å². The molecule has 1 aliphatic heterocycles. The number of rotatable bonds is 6. The molecular weight excluding hydrogens is 428 g/mol. The molecule has 0 spiro atoms. The largest absolute Gasteiger partial charge is 0.493 e. The van der Waals surface area contributed by atoms with Gasteiger partial charge in [0.25, 0.3) is 11.8 Å². The van der Waals surface area contributed by atoms with Gasteiger partial charge in [-0.05, 0) is 54.0 Å². The quantitative estimate of drug-likeness (QED) is 0.438. The number of benzene rings is 3. The number of para-hydroxylation sites is 1. The minimum absolute atomic E-state index is 0.000511. The summed E-state index contributed by atoms with van der Waals surface area (Å²) in [4.78, 5) is 25.2. The molecule has 32 heavy (non-hydrogen) atoms. The van der Waals surface area contributed by atoms with Crippen LogP contribution in [-0.4, -0.2) is 18.9 Å². The number of nitrogens with zero attached hydrogens (tertiary/aromatic N) is 1. The fourth-order valence-electron chi connectivity index (χ4n) is 3.37. The van der Waals surface area contributed by atoms with Crippen molar-refractivity contribution in [3.05, 3.63) is 94.0 Å². The van der Waals surface area contributed by atoms with Gasteiger partial charge in [-0.15, -0.1) is 0 Å². The third kappa shape index (κ3) is 4.31. The summed E-state index contributed by atoms with van der Waals surface area (Å²) in [5, 5.41) is 1.53. The van der Waals surface area contributed by atoms with E-state index in [2.05, 4.69) is 5.43 Å². The van der Waals surface area contributed by atoms with E-state index < -0.39 is 11.8 Å². The van der Waals surface area contributed by atoms with Crippen molar-refractivity contribution in [1.29, 1.82) is 0 Å². The van der Waals surface area contributed by atoms with Crippen LogP contribution in [0.15, 0.2) is 72.3 Å². The SMILES string of the molecule is COc1cc(C=C2C(=O)NN(c3ccccc3)C2=O)cc(Cl)c1OCc1ccccc1C. The van der Waals surface area contributed by atoms with Gasteiger partial charge in [0.1, 0.15) is 12.2 Å². The maximum absolute atomic E-state index is 12.8. The van der Waals surface area contributed by atoms with Gasteiger partial charge in [0, 0.05) is 0 Å². The lowest BCUT2D eigenvalue weighted by Crippen LogP contribution is -2.35. The molecule has 0 saturated carbocycles. The molecule has 6 nitrogen and oxygen atoms in total. The molecule has 1 heterocycles. The minimum atomic E-state index is -0.492. The molecule has 4 rings (SSSR count). The maximum atomic E-state index is 12.8. The molecule has 0 atom stereocenters. The molecule has 3 aromatic carbocycles. The highest BCUT2D eigenvalue weighted by Crippen LogP contribution is 2.38. The van der Waals surface area contributed by atoms with Crippen LogP contribution >= 0.6 is 11.6 Å². The van der Waals surface area contributed by atoms with Crippen LogP contribution in [-0.2, 0) is 16.2 Å². The Kier molecular flexibility index (Phi) is 6.14. The van der Waals surface area contributed by atoms with Crippen molar-refractivity contribution in [2.75, 3.05) is 12.1 Å². The third-order valence-electron chi connectivity index (χ3n) is 5.10. The Labute approximate surface area is 191 Å². The Morgan fingerprint density at radius 3 is 2.47 bits per heavy atom. The van der Waals surface area contributed by atoms with Gasteiger partial charge in [0.15, 0.2) is 11.5 Å². The van der Waals surface area contributed by atoms with Crippen LogP contribution in [0.2, 0.25) is 5.02 Å². The smallest absolute Gasteiger partial charge is 0.282 e. The number of anilines is 1. The number of amides is 2. The Morgan fingerprint density at radius 1 is 1.03 bits per heavy atom. The van der Waals surface area contributed by atoms with Gasteiger partial charge in [-0.25, -0.2) is 5.01 Å². The summed E-state index contributed by atoms with van der Waals surface area (Å²) < 4.78 is 11.4. The van der Waals surface area contributed by atoms with Gasteiger partial charge in [0.2, 0.25) is 0 Å². The first-order chi connectivity index (χ1) is 15.5. The fraction of sp³-hybridized carbons (Fsp3) is 0.120. The molecule has 0 aromatic heterocycles. The number of halogens is 1. The van der Waals surface area contributed by atoms with Crippen molar-refractivity contribution in [3.8, 4) is 11.5 Å². The Morgan fingerprint density at radius 2 is 1.75 bits per heavy atom. The van der Waals surface area contributed by atoms with E-state index in [4.69, 9.17) is 21.1 Å². The summed E-state index contributed by atoms with van der Waals surface area (Å²) in [6.45, 7) is 2.34. The molecule has 162 valence electrons. The van der Waals surface area contributed by atoms with Gasteiger partial charge in [-0.1, -0.05) is 54.1 Å². The van der Waals surface area contributed by atoms with E-state index in [1.807, 2.05) is 37.3 Å². The van der Waals surface area contributed by atoms with Gasteiger partial charge in [0.05, 0.1) is 17.8 Å². The first-order valence-corrected chi connectivity index (χ1v) is 10.3. The second kappa shape index (κ2) is 9.16. The maximum Gasteiger partial charge on any atom is 0.282 e. The topological polar surface area (TPSA) is 67.9 Å². The number of hydrazine groups is 1. The lowest BCUT2D eigenvalue weighted by Gasteiger charge is -2.14. The summed E-state index contributed by atoms with van der Waals surface area (Å²) in [6.07, 6.45) is 1.49. The molecule has 1 fully saturated rings. The van der Waals surface area contributed by atoms with Gasteiger partial charge >= 0.3 is 0 Å². The molecule has 0 radical (unpaired) electrons. The van der Waals surface area contributed by atoms with E-state index >= 15 is 0 Å². The van der Waals surface area contributed by atoms with Crippen molar-refractivity contribution in [2.24, 2.45) is 0 Å². The number of hydrogen-bond acceptors (Lipinski definition) is 4. The van der Waals surface area contributed by atoms with Crippen LogP contribution in [0.3, 0.4) is 0 Å². The number of carbonyl (C=O) groups is 2. The predicted molar refractivity (Wildman–Crippen MR) is 124 cm³/mol. The van der Waals surface area contributed by atoms with E-state index in [1.54, 1.807) is 36.4 Å². The molecule has 0 aliphatic carbocycles. The number of ether oxygens (including phenoxy) is 2. The molecule has 1 N–H and O–H groups in total. The number of aryl methyl sites for hydroxylation is 1. The molecule has 7 heteroatoms. The van der Waals surface area contributed by atoms with Crippen molar-refractivity contribution in [2.45, 2.75) is 13.5 Å². The molecule has 2 amide bonds. The molecular formula is C25H21ClN2O4. The third-order valence-corrected chi connectivity index (χ3v) is 5.38. The van der Waals surface area contributed by atoms with Crippen molar-refractivity contribution in [3.63, 3.8) is 0 Å². The molecule has 3 aromatic rings. The Bertz CT molecular complexity index is 1210. The predicted octanol–water partition coefficient (Wildman–Crippen LogP) is 4.70. The number of methoxy groups -OCH3 is 1. The highest BCUT2D eigenvalue weighted by molar-refractivity contribution is 6.33. The fourth-order valence-corrected chi connectivity index (χ4v) is 3.64. The molecule has 1 saturated heterocycles. The number of hydrogen-bond donors (Lipinski definition) is 1. The second-order valence-electron chi connectivity index (χ2n) is 7.22. The average Bonchev–Trinajstić information content (AvgIpc) is 3.08. The lowest BCUT2D eigenvalue weighted by atomic mass is 10.1. The van der Waals surface area contributed by atoms with Crippen molar-refractivity contribution < 1.29 is 19.1 Å². The van der Waals surface area contributed by atoms with Gasteiger partial charge in [-0.3, -0.25) is 15.0 Å². The highest BCUT2D eigenvalue weighted by Gasteiger charge is 2.34. The Hall–Kier alpha value is -3.77. The minimum Gasteiger partial charge on any atom is -0.493 e. The number of nitrogens with one attached hydrogen (secondary N) is 1. The summed E-state index contributed by atoms with van der Waals surface area (Å²) >= 11 is 6.47. The monoisotopic (exact) mass is 448 g/mol. The van der Waals surface area contributed by atoms with Crippen molar-refractivity contribution >= 4 is 35.2 Å². The molecule has 1 aliphatic rings. The van der Waals surface area contributed by atoms with E-state index in [1.165, 1.54) is 18.2 Å². The molecule has 0 bridgehead atoms. The molecule has 0 unspecified atom stereocenters. The van der Waals surface area contributed by atoms with Gasteiger partial charge in [-0.2, -0.15) is 0 Å². The van der Waals surface area contributed by atoms with E-state index in [0.29, 0.717) is 34.4 Å². The van der Waals surface area contributed by atoms with Crippen LogP contribution < -0.4 is 19.9 Å². The van der Waals surface area contributed by atoms with Crippen LogP contribution in [0.4, 0.5) is 5.69 Å². The standard InChI is InChI=1S/C25H21ClN2O4/c1-16-8-6-7-9-18(16)15-32-23-21(26)13-17(14-22(23)31-2)12-20-24(29)27-28(25(20)30)19-10-4-3-5-11-19/h3-14H,15H2,1-2H3,(H,27,29). The lowest BCUT2D eigenvalue weighted by molar-refractivity contribution is -0.117. The van der Waals surface area contributed by atoms with Crippen LogP contribution in [0.5, 0.6) is 11.5 Å². The van der Waals surface area contributed by atoms with E-state index in [-0.39, 0.29) is 5.57 Å². The summed E-state index contributed by atoms with van der Waals surface area (Å²) in [5.41, 5.74) is 5.84. The van der Waals surface area contributed by atoms with E-state index in [0.717, 1.165) is 11.1 Å². The average molecular weight is 449 g/mol. The first-order valence-electron chi connectivity index (χ1n) is 9.95. The van der Waals surface area contributed by atoms with Crippen LogP contribution in [0, 0.1) is 6.92 Å². The zero-order valence-electron chi connectivity index (χ0n) is 17.6. The van der Waals surface area contributed by atoms with E-state index in [9.17, 15) is 9.59 Å². The van der Waals surface area contributed by atoms with Crippen LogP contribution in [0.25, 0.3) is 6.08 Å². The first kappa shape index (κ1) is 21.5. The Balaban J connectivity index is 1.60. The summed E-state index contributed by atoms with van der Waals surface area (Å²) in [5.74, 6) is -0.138. The zero-order chi connectivity index (χ0) is 22.7. The normalized spacial score (nSPS) is 14.6. The summed E-state index contributed by atoms with van der Waals surface area (Å²) in [7, 11) is 1.51. The summed E-state index contributed by atoms with van der Waals surface area (Å²) in [6, 6.07) is 20.1. The zero-order valence-corrected chi connectivity index (χ0v) is 18.3. The van der Waals surface area contributed by atoms with Crippen molar-refractivity contribution in [1.82, 2.24) is 5.43 Å². The number of carbonyl (C=O) groups excluding carboxylic acids is 2. The second-order valence-corrected chi connectivity index (χ2v) is 7.63.